The number of hydrogen-bond acceptors (Lipinski definition) is 1. The molecule has 0 saturated carbocycles. The van der Waals surface area contributed by atoms with E-state index in [0.29, 0.717) is 6.54 Å². The molecule has 2 amide bonds. The molecule has 3 nitrogen and oxygen atoms in total. The Morgan fingerprint density at radius 2 is 1.41 bits per heavy atom. The first-order chi connectivity index (χ1) is 10.7. The zero-order valence-electron chi connectivity index (χ0n) is 12.1. The van der Waals surface area contributed by atoms with Gasteiger partial charge in [-0.25, -0.2) is 13.6 Å². The first-order valence-corrected chi connectivity index (χ1v) is 7.15. The van der Waals surface area contributed by atoms with Crippen molar-refractivity contribution in [1.29, 1.82) is 0 Å². The van der Waals surface area contributed by atoms with E-state index in [-0.39, 0.29) is 24.6 Å². The highest BCUT2D eigenvalue weighted by Gasteiger charge is 2.08. The Balaban J connectivity index is 1.68. The number of hydrogen-bond donors (Lipinski definition) is 2. The minimum atomic E-state index is -0.591. The van der Waals surface area contributed by atoms with Crippen LogP contribution in [-0.2, 0) is 12.8 Å². The summed E-state index contributed by atoms with van der Waals surface area (Å²) in [5.74, 6) is -1.18. The van der Waals surface area contributed by atoms with Crippen molar-refractivity contribution < 1.29 is 13.6 Å². The van der Waals surface area contributed by atoms with Crippen LogP contribution in [0.15, 0.2) is 48.5 Å². The molecular formula is C17H18F2N2O. The highest BCUT2D eigenvalue weighted by Crippen LogP contribution is 2.11. The number of benzene rings is 2. The summed E-state index contributed by atoms with van der Waals surface area (Å²) in [6.07, 6.45) is 0.848. The summed E-state index contributed by atoms with van der Waals surface area (Å²) >= 11 is 0. The molecule has 0 heterocycles. The summed E-state index contributed by atoms with van der Waals surface area (Å²) in [6.45, 7) is 0.679. The zero-order valence-corrected chi connectivity index (χ0v) is 12.1. The van der Waals surface area contributed by atoms with Gasteiger partial charge in [0.15, 0.2) is 0 Å². The van der Waals surface area contributed by atoms with Crippen molar-refractivity contribution in [2.24, 2.45) is 0 Å². The lowest BCUT2D eigenvalue weighted by Gasteiger charge is -2.08. The quantitative estimate of drug-likeness (QED) is 0.846. The van der Waals surface area contributed by atoms with E-state index in [9.17, 15) is 13.6 Å². The molecule has 0 aromatic heterocycles. The Hall–Kier alpha value is -2.43. The predicted molar refractivity (Wildman–Crippen MR) is 81.6 cm³/mol. The van der Waals surface area contributed by atoms with Gasteiger partial charge in [-0.05, 0) is 30.5 Å². The summed E-state index contributed by atoms with van der Waals surface area (Å²) in [6, 6.07) is 13.2. The second kappa shape index (κ2) is 8.12. The van der Waals surface area contributed by atoms with Gasteiger partial charge in [-0.2, -0.15) is 0 Å². The van der Waals surface area contributed by atoms with Crippen LogP contribution in [0, 0.1) is 11.6 Å². The molecule has 0 unspecified atom stereocenters. The highest BCUT2D eigenvalue weighted by atomic mass is 19.1. The largest absolute Gasteiger partial charge is 0.338 e. The average molecular weight is 304 g/mol. The number of carbonyl (C=O) groups excluding carboxylic acids is 1. The van der Waals surface area contributed by atoms with Gasteiger partial charge in [0.25, 0.3) is 0 Å². The van der Waals surface area contributed by atoms with Crippen molar-refractivity contribution in [2.75, 3.05) is 13.1 Å². The lowest BCUT2D eigenvalue weighted by molar-refractivity contribution is 0.241. The molecule has 2 rings (SSSR count). The van der Waals surface area contributed by atoms with Gasteiger partial charge in [0.05, 0.1) is 0 Å². The number of carbonyl (C=O) groups is 1. The molecule has 0 bridgehead atoms. The zero-order chi connectivity index (χ0) is 15.8. The van der Waals surface area contributed by atoms with Crippen LogP contribution < -0.4 is 10.6 Å². The van der Waals surface area contributed by atoms with E-state index in [1.165, 1.54) is 18.2 Å². The molecule has 0 aliphatic heterocycles. The molecule has 2 aromatic carbocycles. The lowest BCUT2D eigenvalue weighted by atomic mass is 10.1. The third-order valence-electron chi connectivity index (χ3n) is 3.26. The second-order valence-electron chi connectivity index (χ2n) is 4.87. The third-order valence-corrected chi connectivity index (χ3v) is 3.26. The van der Waals surface area contributed by atoms with E-state index in [1.54, 1.807) is 0 Å². The van der Waals surface area contributed by atoms with Crippen molar-refractivity contribution in [3.8, 4) is 0 Å². The van der Waals surface area contributed by atoms with Gasteiger partial charge in [0.2, 0.25) is 0 Å². The molecule has 0 aliphatic rings. The number of amides is 2. The Morgan fingerprint density at radius 3 is 2.05 bits per heavy atom. The second-order valence-corrected chi connectivity index (χ2v) is 4.87. The van der Waals surface area contributed by atoms with Crippen LogP contribution in [0.3, 0.4) is 0 Å². The number of urea groups is 1. The van der Waals surface area contributed by atoms with Crippen LogP contribution in [0.25, 0.3) is 0 Å². The lowest BCUT2D eigenvalue weighted by Crippen LogP contribution is -2.37. The summed E-state index contributed by atoms with van der Waals surface area (Å²) in [5.41, 5.74) is 1.13. The van der Waals surface area contributed by atoms with Crippen molar-refractivity contribution in [3.05, 3.63) is 71.3 Å². The Bertz CT molecular complexity index is 597. The van der Waals surface area contributed by atoms with E-state index in [1.807, 2.05) is 30.3 Å². The third kappa shape index (κ3) is 4.84. The van der Waals surface area contributed by atoms with E-state index < -0.39 is 11.6 Å². The molecule has 116 valence electrons. The number of halogens is 2. The summed E-state index contributed by atoms with van der Waals surface area (Å²) in [7, 11) is 0. The van der Waals surface area contributed by atoms with Gasteiger partial charge in [-0.1, -0.05) is 36.4 Å². The van der Waals surface area contributed by atoms with E-state index >= 15 is 0 Å². The molecule has 0 spiro atoms. The maximum absolute atomic E-state index is 13.4. The molecule has 2 N–H and O–H groups in total. The first kappa shape index (κ1) is 15.9. The molecule has 0 radical (unpaired) electrons. The molecule has 0 fully saturated rings. The van der Waals surface area contributed by atoms with Gasteiger partial charge in [0, 0.05) is 18.7 Å². The Morgan fingerprint density at radius 1 is 0.818 bits per heavy atom. The summed E-state index contributed by atoms with van der Waals surface area (Å²) in [5, 5.41) is 5.30. The fraction of sp³-hybridized carbons (Fsp3) is 0.235. The molecule has 0 aliphatic carbocycles. The minimum Gasteiger partial charge on any atom is -0.338 e. The molecule has 5 heteroatoms. The van der Waals surface area contributed by atoms with Gasteiger partial charge < -0.3 is 10.6 Å². The standard InChI is InChI=1S/C17H18F2N2O/c18-15-7-4-8-16(19)14(15)10-12-21-17(22)20-11-9-13-5-2-1-3-6-13/h1-8H,9-12H2,(H2,20,21,22). The fourth-order valence-electron chi connectivity index (χ4n) is 2.10. The van der Waals surface area contributed by atoms with Crippen LogP contribution in [0.4, 0.5) is 13.6 Å². The van der Waals surface area contributed by atoms with Crippen LogP contribution in [0.5, 0.6) is 0 Å². The van der Waals surface area contributed by atoms with Crippen molar-refractivity contribution in [3.63, 3.8) is 0 Å². The summed E-state index contributed by atoms with van der Waals surface area (Å²) in [4.78, 5) is 11.6. The van der Waals surface area contributed by atoms with Crippen molar-refractivity contribution in [1.82, 2.24) is 10.6 Å². The van der Waals surface area contributed by atoms with Gasteiger partial charge in [0.1, 0.15) is 11.6 Å². The van der Waals surface area contributed by atoms with Crippen molar-refractivity contribution >= 4 is 6.03 Å². The van der Waals surface area contributed by atoms with E-state index in [2.05, 4.69) is 10.6 Å². The van der Waals surface area contributed by atoms with E-state index in [0.717, 1.165) is 12.0 Å². The molecule has 0 saturated heterocycles. The fourth-order valence-corrected chi connectivity index (χ4v) is 2.10. The topological polar surface area (TPSA) is 41.1 Å². The normalized spacial score (nSPS) is 10.3. The predicted octanol–water partition coefficient (Wildman–Crippen LogP) is 3.05. The maximum Gasteiger partial charge on any atom is 0.314 e. The molecule has 0 atom stereocenters. The smallest absolute Gasteiger partial charge is 0.314 e. The highest BCUT2D eigenvalue weighted by molar-refractivity contribution is 5.73. The van der Waals surface area contributed by atoms with Crippen LogP contribution in [-0.4, -0.2) is 19.1 Å². The van der Waals surface area contributed by atoms with Gasteiger partial charge in [-0.3, -0.25) is 0 Å². The molecular weight excluding hydrogens is 286 g/mol. The maximum atomic E-state index is 13.4. The monoisotopic (exact) mass is 304 g/mol. The SMILES string of the molecule is O=C(NCCc1ccccc1)NCCc1c(F)cccc1F. The number of rotatable bonds is 6. The van der Waals surface area contributed by atoms with Crippen LogP contribution in [0.1, 0.15) is 11.1 Å². The Kier molecular flexibility index (Phi) is 5.89. The summed E-state index contributed by atoms with van der Waals surface area (Å²) < 4.78 is 26.8. The van der Waals surface area contributed by atoms with E-state index in [4.69, 9.17) is 0 Å². The molecule has 22 heavy (non-hydrogen) atoms. The van der Waals surface area contributed by atoms with Crippen molar-refractivity contribution in [2.45, 2.75) is 12.8 Å². The molecule has 2 aromatic rings. The van der Waals surface area contributed by atoms with Crippen LogP contribution in [0.2, 0.25) is 0 Å². The average Bonchev–Trinajstić information content (AvgIpc) is 2.51. The van der Waals surface area contributed by atoms with Crippen LogP contribution >= 0.6 is 0 Å². The minimum absolute atomic E-state index is 0.00733. The van der Waals surface area contributed by atoms with Gasteiger partial charge >= 0.3 is 6.03 Å². The van der Waals surface area contributed by atoms with Gasteiger partial charge in [-0.15, -0.1) is 0 Å². The number of nitrogens with one attached hydrogen (secondary N) is 2. The first-order valence-electron chi connectivity index (χ1n) is 7.15. The Labute approximate surface area is 128 Å².